The van der Waals surface area contributed by atoms with E-state index in [9.17, 15) is 4.79 Å². The number of hydrogen-bond donors (Lipinski definition) is 1. The SMILES string of the molecule is Cc1ccc(N=Cc2c(C)[nH]n(-c3ccc(Cl)cc3)c2=O)cc1. The molecule has 0 unspecified atom stereocenters. The van der Waals surface area contributed by atoms with Gasteiger partial charge in [-0.2, -0.15) is 0 Å². The van der Waals surface area contributed by atoms with E-state index in [4.69, 9.17) is 11.6 Å². The van der Waals surface area contributed by atoms with Gasteiger partial charge in [0.1, 0.15) is 0 Å². The standard InChI is InChI=1S/C18H16ClN3O/c1-12-3-7-15(8-4-12)20-11-17-13(2)21-22(18(17)23)16-9-5-14(19)6-10-16/h3-11,21H,1-2H3. The zero-order valence-electron chi connectivity index (χ0n) is 12.9. The first-order chi connectivity index (χ1) is 11.0. The molecule has 4 nitrogen and oxygen atoms in total. The van der Waals surface area contributed by atoms with Crippen molar-refractivity contribution in [3.63, 3.8) is 0 Å². The van der Waals surface area contributed by atoms with Gasteiger partial charge in [0.05, 0.1) is 16.9 Å². The molecule has 1 aromatic heterocycles. The van der Waals surface area contributed by atoms with Crippen molar-refractivity contribution in [1.29, 1.82) is 0 Å². The number of aryl methyl sites for hydroxylation is 2. The molecule has 0 amide bonds. The van der Waals surface area contributed by atoms with Crippen molar-refractivity contribution >= 4 is 23.5 Å². The third-order valence-electron chi connectivity index (χ3n) is 3.58. The molecule has 0 spiro atoms. The number of nitrogens with zero attached hydrogens (tertiary/aromatic N) is 2. The van der Waals surface area contributed by atoms with E-state index in [1.54, 1.807) is 30.5 Å². The second-order valence-electron chi connectivity index (χ2n) is 5.36. The van der Waals surface area contributed by atoms with Gasteiger partial charge in [0, 0.05) is 16.9 Å². The molecule has 116 valence electrons. The molecule has 2 aromatic carbocycles. The van der Waals surface area contributed by atoms with Gasteiger partial charge in [-0.05, 0) is 50.2 Å². The van der Waals surface area contributed by atoms with Crippen molar-refractivity contribution < 1.29 is 0 Å². The van der Waals surface area contributed by atoms with Crippen molar-refractivity contribution in [2.45, 2.75) is 13.8 Å². The van der Waals surface area contributed by atoms with Crippen LogP contribution >= 0.6 is 11.6 Å². The number of aromatic amines is 1. The quantitative estimate of drug-likeness (QED) is 0.721. The Morgan fingerprint density at radius 1 is 1.04 bits per heavy atom. The fourth-order valence-electron chi connectivity index (χ4n) is 2.25. The van der Waals surface area contributed by atoms with Crippen LogP contribution in [0.5, 0.6) is 0 Å². The predicted molar refractivity (Wildman–Crippen MR) is 94.6 cm³/mol. The molecule has 3 aromatic rings. The van der Waals surface area contributed by atoms with Crippen LogP contribution in [0.2, 0.25) is 5.02 Å². The monoisotopic (exact) mass is 325 g/mol. The van der Waals surface area contributed by atoms with Gasteiger partial charge in [-0.15, -0.1) is 0 Å². The molecule has 0 aliphatic rings. The smallest absolute Gasteiger partial charge is 0.280 e. The Balaban J connectivity index is 1.96. The summed E-state index contributed by atoms with van der Waals surface area (Å²) >= 11 is 5.89. The van der Waals surface area contributed by atoms with Crippen molar-refractivity contribution in [3.8, 4) is 5.69 Å². The summed E-state index contributed by atoms with van der Waals surface area (Å²) in [7, 11) is 0. The van der Waals surface area contributed by atoms with Gasteiger partial charge in [0.15, 0.2) is 0 Å². The van der Waals surface area contributed by atoms with Crippen molar-refractivity contribution in [2.24, 2.45) is 4.99 Å². The second kappa shape index (κ2) is 6.26. The number of aromatic nitrogens is 2. The third-order valence-corrected chi connectivity index (χ3v) is 3.83. The van der Waals surface area contributed by atoms with Crippen LogP contribution in [0.25, 0.3) is 5.69 Å². The maximum absolute atomic E-state index is 12.6. The highest BCUT2D eigenvalue weighted by atomic mass is 35.5. The Bertz CT molecular complexity index is 903. The molecule has 0 saturated carbocycles. The van der Waals surface area contributed by atoms with Crippen LogP contribution in [0.4, 0.5) is 5.69 Å². The van der Waals surface area contributed by atoms with Crippen LogP contribution in [0.3, 0.4) is 0 Å². The summed E-state index contributed by atoms with van der Waals surface area (Å²) in [6.07, 6.45) is 1.60. The van der Waals surface area contributed by atoms with Gasteiger partial charge >= 0.3 is 0 Å². The minimum Gasteiger partial charge on any atom is -0.295 e. The van der Waals surface area contributed by atoms with E-state index >= 15 is 0 Å². The van der Waals surface area contributed by atoms with Crippen LogP contribution in [0.15, 0.2) is 58.3 Å². The van der Waals surface area contributed by atoms with Gasteiger partial charge < -0.3 is 0 Å². The van der Waals surface area contributed by atoms with Gasteiger partial charge in [-0.25, -0.2) is 4.68 Å². The van der Waals surface area contributed by atoms with Gasteiger partial charge in [0.25, 0.3) is 5.56 Å². The molecular weight excluding hydrogens is 310 g/mol. The first-order valence-corrected chi connectivity index (χ1v) is 7.61. The fourth-order valence-corrected chi connectivity index (χ4v) is 2.38. The molecule has 0 aliphatic carbocycles. The molecule has 3 rings (SSSR count). The van der Waals surface area contributed by atoms with Gasteiger partial charge in [-0.1, -0.05) is 29.3 Å². The van der Waals surface area contributed by atoms with E-state index in [-0.39, 0.29) is 5.56 Å². The lowest BCUT2D eigenvalue weighted by Gasteiger charge is -2.00. The number of rotatable bonds is 3. The molecular formula is C18H16ClN3O. The Morgan fingerprint density at radius 3 is 2.35 bits per heavy atom. The average Bonchev–Trinajstić information content (AvgIpc) is 2.82. The molecule has 0 saturated heterocycles. The highest BCUT2D eigenvalue weighted by Crippen LogP contribution is 2.14. The summed E-state index contributed by atoms with van der Waals surface area (Å²) in [5.74, 6) is 0. The van der Waals surface area contributed by atoms with E-state index in [0.29, 0.717) is 10.6 Å². The molecule has 23 heavy (non-hydrogen) atoms. The van der Waals surface area contributed by atoms with E-state index < -0.39 is 0 Å². The second-order valence-corrected chi connectivity index (χ2v) is 5.80. The van der Waals surface area contributed by atoms with E-state index in [2.05, 4.69) is 10.1 Å². The number of aliphatic imine (C=N–C) groups is 1. The number of benzene rings is 2. The lowest BCUT2D eigenvalue weighted by molar-refractivity contribution is 0.835. The van der Waals surface area contributed by atoms with Crippen molar-refractivity contribution in [1.82, 2.24) is 9.78 Å². The largest absolute Gasteiger partial charge is 0.295 e. The maximum Gasteiger partial charge on any atom is 0.280 e. The average molecular weight is 326 g/mol. The molecule has 0 bridgehead atoms. The lowest BCUT2D eigenvalue weighted by atomic mass is 10.2. The fraction of sp³-hybridized carbons (Fsp3) is 0.111. The molecule has 1 heterocycles. The molecule has 0 radical (unpaired) electrons. The molecule has 0 atom stereocenters. The maximum atomic E-state index is 12.6. The normalized spacial score (nSPS) is 11.3. The number of halogens is 1. The Kier molecular flexibility index (Phi) is 4.17. The van der Waals surface area contributed by atoms with Crippen LogP contribution < -0.4 is 5.56 Å². The first kappa shape index (κ1) is 15.3. The van der Waals surface area contributed by atoms with E-state index in [0.717, 1.165) is 17.1 Å². The van der Waals surface area contributed by atoms with E-state index in [1.165, 1.54) is 10.2 Å². The topological polar surface area (TPSA) is 50.1 Å². The minimum atomic E-state index is -0.138. The summed E-state index contributed by atoms with van der Waals surface area (Å²) < 4.78 is 1.49. The van der Waals surface area contributed by atoms with Gasteiger partial charge in [0.2, 0.25) is 0 Å². The molecule has 0 fully saturated rings. The van der Waals surface area contributed by atoms with Crippen molar-refractivity contribution in [3.05, 3.63) is 80.7 Å². The zero-order valence-corrected chi connectivity index (χ0v) is 13.6. The Labute approximate surface area is 139 Å². The molecule has 0 aliphatic heterocycles. The van der Waals surface area contributed by atoms with Crippen LogP contribution in [0.1, 0.15) is 16.8 Å². The lowest BCUT2D eigenvalue weighted by Crippen LogP contribution is -2.17. The first-order valence-electron chi connectivity index (χ1n) is 7.23. The third kappa shape index (κ3) is 3.27. The Morgan fingerprint density at radius 2 is 1.70 bits per heavy atom. The van der Waals surface area contributed by atoms with Crippen LogP contribution in [0, 0.1) is 13.8 Å². The summed E-state index contributed by atoms with van der Waals surface area (Å²) in [6, 6.07) is 14.9. The number of hydrogen-bond acceptors (Lipinski definition) is 2. The number of nitrogens with one attached hydrogen (secondary N) is 1. The predicted octanol–water partition coefficient (Wildman–Crippen LogP) is 4.19. The van der Waals surface area contributed by atoms with Gasteiger partial charge in [-0.3, -0.25) is 14.9 Å². The summed E-state index contributed by atoms with van der Waals surface area (Å²) in [6.45, 7) is 3.87. The molecule has 5 heteroatoms. The van der Waals surface area contributed by atoms with E-state index in [1.807, 2.05) is 38.1 Å². The van der Waals surface area contributed by atoms with Crippen molar-refractivity contribution in [2.75, 3.05) is 0 Å². The number of H-pyrrole nitrogens is 1. The summed E-state index contributed by atoms with van der Waals surface area (Å²) in [5, 5.41) is 3.69. The van der Waals surface area contributed by atoms with Crippen LogP contribution in [-0.4, -0.2) is 16.0 Å². The summed E-state index contributed by atoms with van der Waals surface area (Å²) in [4.78, 5) is 16.9. The summed E-state index contributed by atoms with van der Waals surface area (Å²) in [5.41, 5.74) is 3.89. The van der Waals surface area contributed by atoms with Crippen LogP contribution in [-0.2, 0) is 0 Å². The Hall–Kier alpha value is -2.59. The highest BCUT2D eigenvalue weighted by molar-refractivity contribution is 6.30. The zero-order chi connectivity index (χ0) is 16.4. The highest BCUT2D eigenvalue weighted by Gasteiger charge is 2.10. The molecule has 1 N–H and O–H groups in total. The minimum absolute atomic E-state index is 0.138.